The van der Waals surface area contributed by atoms with Gasteiger partial charge in [-0.15, -0.1) is 0 Å². The van der Waals surface area contributed by atoms with Crippen molar-refractivity contribution < 1.29 is 19.1 Å². The summed E-state index contributed by atoms with van der Waals surface area (Å²) in [6.45, 7) is 4.21. The van der Waals surface area contributed by atoms with Crippen LogP contribution in [0, 0.1) is 0 Å². The number of para-hydroxylation sites is 1. The minimum absolute atomic E-state index is 0.0155. The second-order valence-electron chi connectivity index (χ2n) is 6.68. The molecule has 0 unspecified atom stereocenters. The van der Waals surface area contributed by atoms with Gasteiger partial charge in [-0.05, 0) is 37.8 Å². The molecule has 1 aromatic rings. The zero-order chi connectivity index (χ0) is 19.5. The first-order valence-electron chi connectivity index (χ1n) is 9.68. The summed E-state index contributed by atoms with van der Waals surface area (Å²) >= 11 is 6.02. The lowest BCUT2D eigenvalue weighted by Gasteiger charge is -2.31. The molecule has 27 heavy (non-hydrogen) atoms. The molecule has 1 saturated heterocycles. The Labute approximate surface area is 166 Å². The maximum atomic E-state index is 12.1. The number of hydrogen-bond acceptors (Lipinski definition) is 4. The Morgan fingerprint density at radius 1 is 1.19 bits per heavy atom. The van der Waals surface area contributed by atoms with Gasteiger partial charge < -0.3 is 19.7 Å². The molecule has 1 aliphatic rings. The monoisotopic (exact) mass is 396 g/mol. The zero-order valence-corrected chi connectivity index (χ0v) is 16.7. The number of unbranched alkanes of at least 4 members (excludes halogenated alkanes) is 1. The van der Waals surface area contributed by atoms with Gasteiger partial charge in [-0.1, -0.05) is 37.1 Å². The predicted octanol–water partition coefficient (Wildman–Crippen LogP) is 4.02. The number of carbonyl (C=O) groups excluding carboxylic acids is 2. The van der Waals surface area contributed by atoms with Gasteiger partial charge in [0, 0.05) is 25.6 Å². The Morgan fingerprint density at radius 2 is 1.93 bits per heavy atom. The second-order valence-corrected chi connectivity index (χ2v) is 7.09. The number of piperidine rings is 1. The van der Waals surface area contributed by atoms with E-state index in [0.29, 0.717) is 49.9 Å². The largest absolute Gasteiger partial charge is 0.492 e. The number of nitrogens with one attached hydrogen (secondary N) is 1. The van der Waals surface area contributed by atoms with Crippen molar-refractivity contribution >= 4 is 23.6 Å². The highest BCUT2D eigenvalue weighted by molar-refractivity contribution is 6.32. The Hall–Kier alpha value is -1.95. The fraction of sp³-hybridized carbons (Fsp3) is 0.600. The molecule has 1 N–H and O–H groups in total. The van der Waals surface area contributed by atoms with E-state index in [9.17, 15) is 9.59 Å². The molecule has 6 nitrogen and oxygen atoms in total. The van der Waals surface area contributed by atoms with Crippen LogP contribution in [0.4, 0.5) is 4.79 Å². The first-order chi connectivity index (χ1) is 13.1. The SMILES string of the molecule is CCCCOC(=O)N1CCC(NC(=O)CCCOc2ccccc2Cl)CC1. The van der Waals surface area contributed by atoms with Gasteiger partial charge in [-0.3, -0.25) is 4.79 Å². The van der Waals surface area contributed by atoms with Gasteiger partial charge in [-0.2, -0.15) is 0 Å². The lowest BCUT2D eigenvalue weighted by atomic mass is 10.1. The molecule has 0 aromatic heterocycles. The summed E-state index contributed by atoms with van der Waals surface area (Å²) in [4.78, 5) is 25.7. The van der Waals surface area contributed by atoms with Crippen molar-refractivity contribution in [2.24, 2.45) is 0 Å². The normalized spacial score (nSPS) is 14.7. The third-order valence-corrected chi connectivity index (χ3v) is 4.80. The molecular formula is C20H29ClN2O4. The molecule has 2 rings (SSSR count). The molecule has 1 fully saturated rings. The molecule has 0 aliphatic carbocycles. The average Bonchev–Trinajstić information content (AvgIpc) is 2.67. The Balaban J connectivity index is 1.58. The standard InChI is InChI=1S/C20H29ClN2O4/c1-2-3-14-27-20(25)23-12-10-16(11-13-23)22-19(24)9-6-15-26-18-8-5-4-7-17(18)21/h4-5,7-8,16H,2-3,6,9-15H2,1H3,(H,22,24). The van der Waals surface area contributed by atoms with Gasteiger partial charge in [0.1, 0.15) is 5.75 Å². The van der Waals surface area contributed by atoms with Crippen LogP contribution in [0.25, 0.3) is 0 Å². The smallest absolute Gasteiger partial charge is 0.409 e. The maximum absolute atomic E-state index is 12.1. The van der Waals surface area contributed by atoms with Crippen LogP contribution in [0.3, 0.4) is 0 Å². The van der Waals surface area contributed by atoms with E-state index in [1.807, 2.05) is 18.2 Å². The van der Waals surface area contributed by atoms with Crippen molar-refractivity contribution in [3.8, 4) is 5.75 Å². The maximum Gasteiger partial charge on any atom is 0.409 e. The quantitative estimate of drug-likeness (QED) is 0.640. The van der Waals surface area contributed by atoms with Crippen molar-refractivity contribution in [1.82, 2.24) is 10.2 Å². The van der Waals surface area contributed by atoms with Crippen LogP contribution >= 0.6 is 11.6 Å². The minimum Gasteiger partial charge on any atom is -0.492 e. The molecule has 1 aromatic carbocycles. The number of rotatable bonds is 9. The molecule has 2 amide bonds. The van der Waals surface area contributed by atoms with Crippen LogP contribution in [0.2, 0.25) is 5.02 Å². The van der Waals surface area contributed by atoms with Crippen LogP contribution in [0.1, 0.15) is 45.4 Å². The van der Waals surface area contributed by atoms with Crippen LogP contribution in [0.5, 0.6) is 5.75 Å². The van der Waals surface area contributed by atoms with Gasteiger partial charge in [0.15, 0.2) is 0 Å². The van der Waals surface area contributed by atoms with Gasteiger partial charge >= 0.3 is 6.09 Å². The fourth-order valence-corrected chi connectivity index (χ4v) is 3.07. The van der Waals surface area contributed by atoms with Crippen molar-refractivity contribution in [2.45, 2.75) is 51.5 Å². The highest BCUT2D eigenvalue weighted by Gasteiger charge is 2.24. The van der Waals surface area contributed by atoms with Crippen LogP contribution in [-0.2, 0) is 9.53 Å². The van der Waals surface area contributed by atoms with Crippen molar-refractivity contribution in [3.05, 3.63) is 29.3 Å². The highest BCUT2D eigenvalue weighted by atomic mass is 35.5. The third-order valence-electron chi connectivity index (χ3n) is 4.48. The first kappa shape index (κ1) is 21.4. The van der Waals surface area contributed by atoms with Gasteiger partial charge in [0.25, 0.3) is 0 Å². The summed E-state index contributed by atoms with van der Waals surface area (Å²) in [5.74, 6) is 0.652. The van der Waals surface area contributed by atoms with E-state index in [1.54, 1.807) is 11.0 Å². The number of hydrogen-bond donors (Lipinski definition) is 1. The molecular weight excluding hydrogens is 368 g/mol. The molecule has 1 heterocycles. The number of halogens is 1. The number of ether oxygens (including phenoxy) is 2. The zero-order valence-electron chi connectivity index (χ0n) is 15.9. The van der Waals surface area contributed by atoms with Crippen molar-refractivity contribution in [2.75, 3.05) is 26.3 Å². The number of nitrogens with zero attached hydrogens (tertiary/aromatic N) is 1. The molecule has 0 atom stereocenters. The van der Waals surface area contributed by atoms with Gasteiger partial charge in [0.05, 0.1) is 18.2 Å². The molecule has 0 spiro atoms. The van der Waals surface area contributed by atoms with Gasteiger partial charge in [-0.25, -0.2) is 4.79 Å². The molecule has 7 heteroatoms. The summed E-state index contributed by atoms with van der Waals surface area (Å²) < 4.78 is 10.8. The Bertz CT molecular complexity index is 603. The summed E-state index contributed by atoms with van der Waals surface area (Å²) in [6.07, 6.45) is 4.19. The molecule has 0 bridgehead atoms. The highest BCUT2D eigenvalue weighted by Crippen LogP contribution is 2.23. The van der Waals surface area contributed by atoms with Crippen molar-refractivity contribution in [1.29, 1.82) is 0 Å². The summed E-state index contributed by atoms with van der Waals surface area (Å²) in [6, 6.07) is 7.40. The van der Waals surface area contributed by atoms with E-state index in [1.165, 1.54) is 0 Å². The topological polar surface area (TPSA) is 67.9 Å². The molecule has 0 saturated carbocycles. The van der Waals surface area contributed by atoms with Gasteiger partial charge in [0.2, 0.25) is 5.91 Å². The number of carbonyl (C=O) groups is 2. The molecule has 150 valence electrons. The lowest BCUT2D eigenvalue weighted by Crippen LogP contribution is -2.46. The molecule has 0 radical (unpaired) electrons. The predicted molar refractivity (Wildman–Crippen MR) is 105 cm³/mol. The average molecular weight is 397 g/mol. The van der Waals surface area contributed by atoms with Crippen LogP contribution in [-0.4, -0.2) is 49.2 Å². The van der Waals surface area contributed by atoms with E-state index in [-0.39, 0.29) is 18.0 Å². The number of benzene rings is 1. The van der Waals surface area contributed by atoms with E-state index < -0.39 is 0 Å². The summed E-state index contributed by atoms with van der Waals surface area (Å²) in [5.41, 5.74) is 0. The number of amides is 2. The lowest BCUT2D eigenvalue weighted by molar-refractivity contribution is -0.122. The Kier molecular flexibility index (Phi) is 9.25. The van der Waals surface area contributed by atoms with E-state index in [2.05, 4.69) is 12.2 Å². The van der Waals surface area contributed by atoms with E-state index >= 15 is 0 Å². The minimum atomic E-state index is -0.245. The Morgan fingerprint density at radius 3 is 2.63 bits per heavy atom. The summed E-state index contributed by atoms with van der Waals surface area (Å²) in [7, 11) is 0. The third kappa shape index (κ3) is 7.67. The second kappa shape index (κ2) is 11.7. The van der Waals surface area contributed by atoms with E-state index in [0.717, 1.165) is 25.7 Å². The first-order valence-corrected chi connectivity index (χ1v) is 10.1. The summed E-state index contributed by atoms with van der Waals surface area (Å²) in [5, 5.41) is 3.61. The number of likely N-dealkylation sites (tertiary alicyclic amines) is 1. The van der Waals surface area contributed by atoms with Crippen LogP contribution < -0.4 is 10.1 Å². The molecule has 1 aliphatic heterocycles. The van der Waals surface area contributed by atoms with E-state index in [4.69, 9.17) is 21.1 Å². The fourth-order valence-electron chi connectivity index (χ4n) is 2.88. The van der Waals surface area contributed by atoms with Crippen molar-refractivity contribution in [3.63, 3.8) is 0 Å². The van der Waals surface area contributed by atoms with Crippen LogP contribution in [0.15, 0.2) is 24.3 Å².